The average Bonchev–Trinajstić information content (AvgIpc) is 2.41. The molecule has 0 aliphatic heterocycles. The minimum atomic E-state index is -1.58. The molecular weight excluding hydrogens is 420 g/mol. The van der Waals surface area contributed by atoms with Gasteiger partial charge in [-0.3, -0.25) is 4.79 Å². The van der Waals surface area contributed by atoms with E-state index in [1.165, 1.54) is 30.6 Å². The molecule has 0 saturated heterocycles. The Bertz CT molecular complexity index is 371. The van der Waals surface area contributed by atoms with E-state index in [1.807, 2.05) is 13.8 Å². The predicted molar refractivity (Wildman–Crippen MR) is 116 cm³/mol. The van der Waals surface area contributed by atoms with E-state index in [9.17, 15) is 4.79 Å². The maximum absolute atomic E-state index is 11.7. The number of ether oxygens (including phenoxy) is 1. The fourth-order valence-corrected chi connectivity index (χ4v) is 12.6. The van der Waals surface area contributed by atoms with Crippen LogP contribution in [0.3, 0.4) is 0 Å². The predicted octanol–water partition coefficient (Wildman–Crippen LogP) is 6.05. The number of halogens is 1. The van der Waals surface area contributed by atoms with Crippen LogP contribution in [-0.4, -0.2) is 45.0 Å². The standard InChI is InChI=1S/C17H37BrO3SSi2/c1-8-9-14-23(4,5)21-24(6,7)15-10-11-20-12-13-22-16(19)17(2,3)18/h8-15H2,1-7H3. The van der Waals surface area contributed by atoms with Gasteiger partial charge in [0.05, 0.1) is 10.9 Å². The minimum Gasteiger partial charge on any atom is -0.455 e. The summed E-state index contributed by atoms with van der Waals surface area (Å²) in [6.45, 7) is 16.8. The van der Waals surface area contributed by atoms with E-state index in [0.29, 0.717) is 6.61 Å². The van der Waals surface area contributed by atoms with Gasteiger partial charge in [-0.15, -0.1) is 0 Å². The van der Waals surface area contributed by atoms with Gasteiger partial charge in [-0.25, -0.2) is 0 Å². The first-order valence-electron chi connectivity index (χ1n) is 9.04. The topological polar surface area (TPSA) is 35.5 Å². The molecule has 0 N–H and O–H groups in total. The summed E-state index contributed by atoms with van der Waals surface area (Å²) in [6.07, 6.45) is 3.59. The fraction of sp³-hybridized carbons (Fsp3) is 0.941. The molecule has 0 bridgehead atoms. The van der Waals surface area contributed by atoms with Crippen molar-refractivity contribution >= 4 is 49.4 Å². The van der Waals surface area contributed by atoms with Crippen LogP contribution in [0.25, 0.3) is 0 Å². The minimum absolute atomic E-state index is 0.160. The van der Waals surface area contributed by atoms with Gasteiger partial charge in [-0.2, -0.15) is 0 Å². The molecule has 0 unspecified atom stereocenters. The Hall–Kier alpha value is 0.854. The van der Waals surface area contributed by atoms with E-state index in [1.54, 1.807) is 0 Å². The SMILES string of the molecule is CCCC[Si](C)(C)O[Si](C)(C)CCCOCCSC(=O)C(C)(C)Br. The number of rotatable bonds is 13. The summed E-state index contributed by atoms with van der Waals surface area (Å²) >= 11 is 4.72. The van der Waals surface area contributed by atoms with Gasteiger partial charge in [0.25, 0.3) is 0 Å². The van der Waals surface area contributed by atoms with E-state index in [4.69, 9.17) is 8.85 Å². The number of hydrogen-bond acceptors (Lipinski definition) is 4. The molecule has 3 nitrogen and oxygen atoms in total. The lowest BCUT2D eigenvalue weighted by atomic mass is 10.2. The quantitative estimate of drug-likeness (QED) is 0.191. The number of thioether (sulfide) groups is 1. The van der Waals surface area contributed by atoms with Crippen molar-refractivity contribution in [3.05, 3.63) is 0 Å². The van der Waals surface area contributed by atoms with E-state index >= 15 is 0 Å². The largest absolute Gasteiger partial charge is 0.455 e. The van der Waals surface area contributed by atoms with Crippen molar-refractivity contribution in [1.29, 1.82) is 0 Å². The van der Waals surface area contributed by atoms with Gasteiger partial charge in [0.1, 0.15) is 0 Å². The zero-order chi connectivity index (χ0) is 18.9. The maximum atomic E-state index is 11.7. The fourth-order valence-electron chi connectivity index (χ4n) is 2.52. The van der Waals surface area contributed by atoms with Gasteiger partial charge in [0.2, 0.25) is 5.12 Å². The van der Waals surface area contributed by atoms with Crippen molar-refractivity contribution in [3.63, 3.8) is 0 Å². The maximum Gasteiger partial charge on any atom is 0.205 e. The van der Waals surface area contributed by atoms with Gasteiger partial charge in [-0.05, 0) is 58.5 Å². The van der Waals surface area contributed by atoms with E-state index in [2.05, 4.69) is 49.0 Å². The third kappa shape index (κ3) is 13.1. The average molecular weight is 458 g/mol. The number of carbonyl (C=O) groups excluding carboxylic acids is 1. The molecular formula is C17H37BrO3SSi2. The Morgan fingerprint density at radius 2 is 1.58 bits per heavy atom. The number of alkyl halides is 1. The summed E-state index contributed by atoms with van der Waals surface area (Å²) in [4.78, 5) is 11.7. The summed E-state index contributed by atoms with van der Waals surface area (Å²) < 4.78 is 11.8. The molecule has 0 heterocycles. The third-order valence-corrected chi connectivity index (χ3v) is 13.0. The zero-order valence-corrected chi connectivity index (χ0v) is 21.1. The lowest BCUT2D eigenvalue weighted by Crippen LogP contribution is -2.44. The molecule has 0 radical (unpaired) electrons. The summed E-state index contributed by atoms with van der Waals surface area (Å²) in [6, 6.07) is 2.42. The summed E-state index contributed by atoms with van der Waals surface area (Å²) in [5.41, 5.74) is 0. The second-order valence-electron chi connectivity index (χ2n) is 8.05. The number of carbonyl (C=O) groups is 1. The molecule has 0 amide bonds. The van der Waals surface area contributed by atoms with E-state index in [-0.39, 0.29) is 5.12 Å². The molecule has 7 heteroatoms. The monoisotopic (exact) mass is 456 g/mol. The molecule has 0 rings (SSSR count). The number of unbranched alkanes of at least 4 members (excludes halogenated alkanes) is 1. The van der Waals surface area contributed by atoms with Gasteiger partial charge >= 0.3 is 0 Å². The first-order valence-corrected chi connectivity index (χ1v) is 17.0. The van der Waals surface area contributed by atoms with E-state index in [0.717, 1.165) is 24.8 Å². The highest BCUT2D eigenvalue weighted by Gasteiger charge is 2.32. The number of hydrogen-bond donors (Lipinski definition) is 0. The molecule has 144 valence electrons. The molecule has 0 spiro atoms. The first kappa shape index (κ1) is 24.9. The molecule has 24 heavy (non-hydrogen) atoms. The Labute approximate surface area is 164 Å². The summed E-state index contributed by atoms with van der Waals surface area (Å²) in [7, 11) is -3.08. The van der Waals surface area contributed by atoms with Gasteiger partial charge in [0, 0.05) is 12.4 Å². The molecule has 0 aliphatic rings. The second kappa shape index (κ2) is 11.5. The lowest BCUT2D eigenvalue weighted by Gasteiger charge is -2.34. The molecule has 0 fully saturated rings. The lowest BCUT2D eigenvalue weighted by molar-refractivity contribution is -0.112. The Morgan fingerprint density at radius 1 is 1.04 bits per heavy atom. The molecule has 0 aromatic rings. The highest BCUT2D eigenvalue weighted by atomic mass is 79.9. The van der Waals surface area contributed by atoms with Crippen LogP contribution in [0, 0.1) is 0 Å². The van der Waals surface area contributed by atoms with Crippen molar-refractivity contribution in [2.75, 3.05) is 19.0 Å². The van der Waals surface area contributed by atoms with Gasteiger partial charge < -0.3 is 8.85 Å². The van der Waals surface area contributed by atoms with Crippen molar-refractivity contribution in [3.8, 4) is 0 Å². The highest BCUT2D eigenvalue weighted by molar-refractivity contribution is 9.10. The molecule has 0 aromatic heterocycles. The Kier molecular flexibility index (Phi) is 12.0. The van der Waals surface area contributed by atoms with Crippen LogP contribution >= 0.6 is 27.7 Å². The summed E-state index contributed by atoms with van der Waals surface area (Å²) in [5.74, 6) is 0.724. The van der Waals surface area contributed by atoms with Gasteiger partial charge in [-0.1, -0.05) is 47.5 Å². The Morgan fingerprint density at radius 3 is 2.08 bits per heavy atom. The first-order chi connectivity index (χ1) is 10.9. The van der Waals surface area contributed by atoms with E-state index < -0.39 is 21.0 Å². The summed E-state index contributed by atoms with van der Waals surface area (Å²) in [5, 5.41) is 0.160. The van der Waals surface area contributed by atoms with Crippen LogP contribution in [0.15, 0.2) is 0 Å². The van der Waals surface area contributed by atoms with Crippen molar-refractivity contribution in [1.82, 2.24) is 0 Å². The normalized spacial score (nSPS) is 13.3. The molecule has 0 atom stereocenters. The van der Waals surface area contributed by atoms with Crippen molar-refractivity contribution < 1.29 is 13.6 Å². The van der Waals surface area contributed by atoms with Crippen LogP contribution < -0.4 is 0 Å². The second-order valence-corrected chi connectivity index (χ2v) is 20.0. The van der Waals surface area contributed by atoms with Crippen molar-refractivity contribution in [2.24, 2.45) is 0 Å². The zero-order valence-electron chi connectivity index (χ0n) is 16.7. The Balaban J connectivity index is 3.84. The van der Waals surface area contributed by atoms with Crippen LogP contribution in [0.5, 0.6) is 0 Å². The molecule has 0 aromatic carbocycles. The van der Waals surface area contributed by atoms with Crippen LogP contribution in [-0.2, 0) is 13.6 Å². The smallest absolute Gasteiger partial charge is 0.205 e. The van der Waals surface area contributed by atoms with Crippen molar-refractivity contribution in [2.45, 2.75) is 82.6 Å². The van der Waals surface area contributed by atoms with Crippen LogP contribution in [0.1, 0.15) is 40.0 Å². The highest BCUT2D eigenvalue weighted by Crippen LogP contribution is 2.25. The molecule has 0 saturated carbocycles. The molecule has 0 aliphatic carbocycles. The van der Waals surface area contributed by atoms with Crippen LogP contribution in [0.2, 0.25) is 38.3 Å². The third-order valence-electron chi connectivity index (χ3n) is 3.70. The van der Waals surface area contributed by atoms with Gasteiger partial charge in [0.15, 0.2) is 16.6 Å². The van der Waals surface area contributed by atoms with Crippen LogP contribution in [0.4, 0.5) is 0 Å².